The number of carbonyl (C=O) groups excluding carboxylic acids is 1. The number of rotatable bonds is 6. The van der Waals surface area contributed by atoms with Crippen molar-refractivity contribution in [1.82, 2.24) is 15.1 Å². The molecule has 0 aliphatic heterocycles. The summed E-state index contributed by atoms with van der Waals surface area (Å²) in [7, 11) is 0. The first-order valence-corrected chi connectivity index (χ1v) is 6.75. The number of carbonyl (C=O) groups is 1. The number of anilines is 1. The first-order chi connectivity index (χ1) is 9.03. The average molecular weight is 268 g/mol. The van der Waals surface area contributed by atoms with Crippen LogP contribution < -0.4 is 10.6 Å². The van der Waals surface area contributed by atoms with E-state index in [9.17, 15) is 4.79 Å². The Morgan fingerprint density at radius 3 is 2.58 bits per heavy atom. The van der Waals surface area contributed by atoms with Gasteiger partial charge in [0, 0.05) is 19.2 Å². The van der Waals surface area contributed by atoms with Crippen molar-refractivity contribution in [1.29, 1.82) is 0 Å². The zero-order valence-corrected chi connectivity index (χ0v) is 12.2. The zero-order valence-electron chi connectivity index (χ0n) is 12.2. The first kappa shape index (κ1) is 15.5. The Morgan fingerprint density at radius 2 is 2.11 bits per heavy atom. The number of aryl methyl sites for hydroxylation is 2. The van der Waals surface area contributed by atoms with E-state index < -0.39 is 0 Å². The Labute approximate surface area is 114 Å². The predicted molar refractivity (Wildman–Crippen MR) is 75.3 cm³/mol. The van der Waals surface area contributed by atoms with Gasteiger partial charge in [0.1, 0.15) is 0 Å². The molecule has 1 aromatic heterocycles. The molecule has 0 aromatic carbocycles. The van der Waals surface area contributed by atoms with E-state index in [1.165, 1.54) is 0 Å². The molecule has 1 unspecified atom stereocenters. The van der Waals surface area contributed by atoms with Gasteiger partial charge in [0.05, 0.1) is 17.1 Å². The third-order valence-electron chi connectivity index (χ3n) is 3.23. The highest BCUT2D eigenvalue weighted by atomic mass is 16.3. The number of aliphatic hydroxyl groups excluding tert-OH is 1. The summed E-state index contributed by atoms with van der Waals surface area (Å²) in [6.07, 6.45) is 1.36. The molecule has 0 bridgehead atoms. The van der Waals surface area contributed by atoms with Crippen LogP contribution in [0.3, 0.4) is 0 Å². The van der Waals surface area contributed by atoms with Crippen LogP contribution in [-0.4, -0.2) is 33.6 Å². The van der Waals surface area contributed by atoms with Gasteiger partial charge in [-0.2, -0.15) is 5.10 Å². The van der Waals surface area contributed by atoms with E-state index in [1.54, 1.807) is 0 Å². The Morgan fingerprint density at radius 1 is 1.42 bits per heavy atom. The second kappa shape index (κ2) is 7.13. The molecular weight excluding hydrogens is 244 g/mol. The third kappa shape index (κ3) is 3.96. The van der Waals surface area contributed by atoms with E-state index in [2.05, 4.69) is 15.7 Å². The van der Waals surface area contributed by atoms with Crippen LogP contribution in [0.25, 0.3) is 0 Å². The van der Waals surface area contributed by atoms with Crippen molar-refractivity contribution in [2.75, 3.05) is 11.9 Å². The summed E-state index contributed by atoms with van der Waals surface area (Å²) >= 11 is 0. The summed E-state index contributed by atoms with van der Waals surface area (Å²) in [6.45, 7) is 8.65. The van der Waals surface area contributed by atoms with Crippen LogP contribution in [0.15, 0.2) is 0 Å². The molecule has 0 saturated carbocycles. The van der Waals surface area contributed by atoms with Gasteiger partial charge in [-0.05, 0) is 33.6 Å². The van der Waals surface area contributed by atoms with Gasteiger partial charge in [0.15, 0.2) is 0 Å². The first-order valence-electron chi connectivity index (χ1n) is 6.75. The highest BCUT2D eigenvalue weighted by molar-refractivity contribution is 5.90. The summed E-state index contributed by atoms with van der Waals surface area (Å²) in [4.78, 5) is 11.9. The fraction of sp³-hybridized carbons (Fsp3) is 0.692. The van der Waals surface area contributed by atoms with Gasteiger partial charge in [-0.15, -0.1) is 0 Å². The molecule has 0 aliphatic carbocycles. The van der Waals surface area contributed by atoms with Gasteiger partial charge < -0.3 is 15.7 Å². The summed E-state index contributed by atoms with van der Waals surface area (Å²) in [5.74, 6) is 0. The Kier molecular flexibility index (Phi) is 5.82. The van der Waals surface area contributed by atoms with Gasteiger partial charge in [0.25, 0.3) is 0 Å². The maximum atomic E-state index is 11.9. The minimum Gasteiger partial charge on any atom is -0.396 e. The van der Waals surface area contributed by atoms with Crippen molar-refractivity contribution in [3.8, 4) is 0 Å². The molecule has 1 atom stereocenters. The van der Waals surface area contributed by atoms with Crippen LogP contribution >= 0.6 is 0 Å². The number of aliphatic hydroxyl groups is 1. The molecule has 2 amide bonds. The van der Waals surface area contributed by atoms with Crippen molar-refractivity contribution in [3.63, 3.8) is 0 Å². The minimum atomic E-state index is -0.248. The molecule has 0 radical (unpaired) electrons. The number of hydrogen-bond donors (Lipinski definition) is 3. The van der Waals surface area contributed by atoms with E-state index in [1.807, 2.05) is 32.4 Å². The standard InChI is InChI=1S/C13H24N4O2/c1-5-11(7-8-18)14-13(19)15-12-9(3)16-17(6-2)10(12)4/h11,18H,5-8H2,1-4H3,(H2,14,15,19). The van der Waals surface area contributed by atoms with Gasteiger partial charge >= 0.3 is 6.03 Å². The lowest BCUT2D eigenvalue weighted by atomic mass is 10.2. The molecule has 3 N–H and O–H groups in total. The number of amides is 2. The van der Waals surface area contributed by atoms with Crippen molar-refractivity contribution < 1.29 is 9.90 Å². The van der Waals surface area contributed by atoms with Gasteiger partial charge in [-0.1, -0.05) is 6.92 Å². The van der Waals surface area contributed by atoms with Crippen molar-refractivity contribution in [3.05, 3.63) is 11.4 Å². The second-order valence-electron chi connectivity index (χ2n) is 4.58. The molecule has 0 saturated heterocycles. The smallest absolute Gasteiger partial charge is 0.319 e. The number of hydrogen-bond acceptors (Lipinski definition) is 3. The van der Waals surface area contributed by atoms with E-state index in [4.69, 9.17) is 5.11 Å². The van der Waals surface area contributed by atoms with Crippen LogP contribution in [0.1, 0.15) is 38.1 Å². The highest BCUT2D eigenvalue weighted by Crippen LogP contribution is 2.19. The van der Waals surface area contributed by atoms with Gasteiger partial charge in [0.2, 0.25) is 0 Å². The Balaban J connectivity index is 2.69. The van der Waals surface area contributed by atoms with E-state index in [0.717, 1.165) is 30.0 Å². The normalized spacial score (nSPS) is 12.3. The number of nitrogens with zero attached hydrogens (tertiary/aromatic N) is 2. The molecular formula is C13H24N4O2. The number of urea groups is 1. The molecule has 1 heterocycles. The van der Waals surface area contributed by atoms with Crippen LogP contribution in [0, 0.1) is 13.8 Å². The third-order valence-corrected chi connectivity index (χ3v) is 3.23. The molecule has 1 aromatic rings. The summed E-state index contributed by atoms with van der Waals surface area (Å²) in [5, 5.41) is 19.0. The average Bonchev–Trinajstić information content (AvgIpc) is 2.65. The fourth-order valence-electron chi connectivity index (χ4n) is 2.05. The van der Waals surface area contributed by atoms with Crippen LogP contribution in [-0.2, 0) is 6.54 Å². The van der Waals surface area contributed by atoms with Gasteiger partial charge in [-0.25, -0.2) is 4.79 Å². The monoisotopic (exact) mass is 268 g/mol. The van der Waals surface area contributed by atoms with Crippen LogP contribution in [0.2, 0.25) is 0 Å². The number of aromatic nitrogens is 2. The molecule has 6 heteroatoms. The lowest BCUT2D eigenvalue weighted by Gasteiger charge is -2.16. The molecule has 0 spiro atoms. The van der Waals surface area contributed by atoms with E-state index in [-0.39, 0.29) is 18.7 Å². The topological polar surface area (TPSA) is 79.2 Å². The summed E-state index contributed by atoms with van der Waals surface area (Å²) < 4.78 is 1.86. The minimum absolute atomic E-state index is 0.00756. The predicted octanol–water partition coefficient (Wildman–Crippen LogP) is 1.80. The number of nitrogens with one attached hydrogen (secondary N) is 2. The van der Waals surface area contributed by atoms with Crippen LogP contribution in [0.5, 0.6) is 0 Å². The van der Waals surface area contributed by atoms with Crippen LogP contribution in [0.4, 0.5) is 10.5 Å². The van der Waals surface area contributed by atoms with Crippen molar-refractivity contribution in [2.24, 2.45) is 0 Å². The lowest BCUT2D eigenvalue weighted by Crippen LogP contribution is -2.38. The quantitative estimate of drug-likeness (QED) is 0.736. The van der Waals surface area contributed by atoms with Gasteiger partial charge in [-0.3, -0.25) is 4.68 Å². The zero-order chi connectivity index (χ0) is 14.4. The fourth-order valence-corrected chi connectivity index (χ4v) is 2.05. The van der Waals surface area contributed by atoms with Crippen molar-refractivity contribution in [2.45, 2.75) is 53.1 Å². The molecule has 1 rings (SSSR count). The summed E-state index contributed by atoms with van der Waals surface area (Å²) in [5.41, 5.74) is 2.52. The van der Waals surface area contributed by atoms with E-state index in [0.29, 0.717) is 6.42 Å². The van der Waals surface area contributed by atoms with E-state index >= 15 is 0 Å². The highest BCUT2D eigenvalue weighted by Gasteiger charge is 2.15. The molecule has 6 nitrogen and oxygen atoms in total. The Hall–Kier alpha value is -1.56. The van der Waals surface area contributed by atoms with Crippen molar-refractivity contribution >= 4 is 11.7 Å². The molecule has 108 valence electrons. The maximum absolute atomic E-state index is 11.9. The lowest BCUT2D eigenvalue weighted by molar-refractivity contribution is 0.237. The largest absolute Gasteiger partial charge is 0.396 e. The molecule has 0 fully saturated rings. The molecule has 19 heavy (non-hydrogen) atoms. The maximum Gasteiger partial charge on any atom is 0.319 e. The molecule has 0 aliphatic rings. The Bertz CT molecular complexity index is 429. The SMILES string of the molecule is CCC(CCO)NC(=O)Nc1c(C)nn(CC)c1C. The second-order valence-corrected chi connectivity index (χ2v) is 4.58. The summed E-state index contributed by atoms with van der Waals surface area (Å²) in [6, 6.07) is -0.256.